The number of anilines is 1. The van der Waals surface area contributed by atoms with Gasteiger partial charge in [0.2, 0.25) is 5.91 Å². The smallest absolute Gasteiger partial charge is 0.226 e. The molecule has 0 bridgehead atoms. The molecule has 160 valence electrons. The molecule has 30 heavy (non-hydrogen) atoms. The van der Waals surface area contributed by atoms with Gasteiger partial charge in [-0.05, 0) is 42.4 Å². The normalized spacial score (nSPS) is 16.3. The molecule has 0 saturated heterocycles. The molecule has 0 aliphatic heterocycles. The van der Waals surface area contributed by atoms with Crippen LogP contribution in [-0.4, -0.2) is 36.3 Å². The summed E-state index contributed by atoms with van der Waals surface area (Å²) in [6.07, 6.45) is 6.22. The van der Waals surface area contributed by atoms with Crippen molar-refractivity contribution < 1.29 is 18.0 Å². The minimum Gasteiger partial charge on any atom is -0.309 e. The van der Waals surface area contributed by atoms with Gasteiger partial charge >= 0.3 is 0 Å². The predicted molar refractivity (Wildman–Crippen MR) is 115 cm³/mol. The van der Waals surface area contributed by atoms with Crippen LogP contribution in [0.25, 0.3) is 0 Å². The highest BCUT2D eigenvalue weighted by Crippen LogP contribution is 2.39. The van der Waals surface area contributed by atoms with Gasteiger partial charge in [-0.1, -0.05) is 29.3 Å². The van der Waals surface area contributed by atoms with E-state index in [1.165, 1.54) is 18.5 Å². The summed E-state index contributed by atoms with van der Waals surface area (Å²) < 4.78 is 23.7. The molecular formula is C20H21Cl2N3O4S. The number of carbonyl (C=O) groups is 2. The van der Waals surface area contributed by atoms with Gasteiger partial charge in [0.1, 0.15) is 10.9 Å². The maximum absolute atomic E-state index is 12.7. The summed E-state index contributed by atoms with van der Waals surface area (Å²) >= 11 is 12.0. The molecule has 0 spiro atoms. The van der Waals surface area contributed by atoms with Crippen molar-refractivity contribution in [3.63, 3.8) is 0 Å². The lowest BCUT2D eigenvalue weighted by Gasteiger charge is -2.30. The molecule has 1 aromatic carbocycles. The van der Waals surface area contributed by atoms with E-state index in [4.69, 9.17) is 23.2 Å². The zero-order valence-electron chi connectivity index (χ0n) is 16.3. The first kappa shape index (κ1) is 22.7. The molecule has 1 N–H and O–H groups in total. The fraction of sp³-hybridized carbons (Fsp3) is 0.400. The Balaban J connectivity index is 1.85. The lowest BCUT2D eigenvalue weighted by atomic mass is 9.75. The van der Waals surface area contributed by atoms with E-state index in [9.17, 15) is 18.0 Å². The maximum Gasteiger partial charge on any atom is 0.226 e. The molecule has 3 rings (SSSR count). The quantitative estimate of drug-likeness (QED) is 0.683. The van der Waals surface area contributed by atoms with Gasteiger partial charge in [0, 0.05) is 25.5 Å². The predicted octanol–water partition coefficient (Wildman–Crippen LogP) is 4.06. The molecule has 7 nitrogen and oxygen atoms in total. The molecule has 2 aromatic rings. The Labute approximate surface area is 185 Å². The van der Waals surface area contributed by atoms with E-state index in [1.54, 1.807) is 12.1 Å². The number of sulfone groups is 1. The first-order valence-electron chi connectivity index (χ1n) is 9.42. The zero-order valence-corrected chi connectivity index (χ0v) is 18.6. The largest absolute Gasteiger partial charge is 0.309 e. The average molecular weight is 470 g/mol. The molecule has 0 radical (unpaired) electrons. The third kappa shape index (κ3) is 5.77. The van der Waals surface area contributed by atoms with Crippen LogP contribution in [0.1, 0.15) is 43.6 Å². The van der Waals surface area contributed by atoms with Gasteiger partial charge in [-0.2, -0.15) is 0 Å². The number of nitrogens with zero attached hydrogens (tertiary/aromatic N) is 2. The Morgan fingerprint density at radius 2 is 1.90 bits per heavy atom. The monoisotopic (exact) mass is 469 g/mol. The van der Waals surface area contributed by atoms with E-state index in [2.05, 4.69) is 15.3 Å². The number of rotatable bonds is 6. The van der Waals surface area contributed by atoms with Gasteiger partial charge < -0.3 is 5.32 Å². The first-order chi connectivity index (χ1) is 14.1. The molecule has 1 heterocycles. The Morgan fingerprint density at radius 3 is 2.47 bits per heavy atom. The van der Waals surface area contributed by atoms with Gasteiger partial charge in [0.05, 0.1) is 22.3 Å². The van der Waals surface area contributed by atoms with Crippen LogP contribution < -0.4 is 5.32 Å². The summed E-state index contributed by atoms with van der Waals surface area (Å²) in [6, 6.07) is 4.77. The summed E-state index contributed by atoms with van der Waals surface area (Å²) in [6.45, 7) is 0. The zero-order chi connectivity index (χ0) is 21.9. The summed E-state index contributed by atoms with van der Waals surface area (Å²) in [7, 11) is -3.46. The molecule has 1 aromatic heterocycles. The first-order valence-corrected chi connectivity index (χ1v) is 12.1. The van der Waals surface area contributed by atoms with Crippen molar-refractivity contribution in [3.8, 4) is 0 Å². The van der Waals surface area contributed by atoms with E-state index in [0.717, 1.165) is 11.8 Å². The van der Waals surface area contributed by atoms with Crippen LogP contribution in [0.5, 0.6) is 0 Å². The number of benzene rings is 1. The van der Waals surface area contributed by atoms with E-state index < -0.39 is 9.84 Å². The molecular weight excluding hydrogens is 449 g/mol. The van der Waals surface area contributed by atoms with Crippen LogP contribution in [0, 0.1) is 5.92 Å². The van der Waals surface area contributed by atoms with Crippen molar-refractivity contribution in [1.29, 1.82) is 0 Å². The van der Waals surface area contributed by atoms with Crippen molar-refractivity contribution in [2.45, 2.75) is 42.9 Å². The van der Waals surface area contributed by atoms with Crippen LogP contribution >= 0.6 is 23.2 Å². The summed E-state index contributed by atoms with van der Waals surface area (Å²) in [5.74, 6) is 0.120. The molecule has 10 heteroatoms. The Kier molecular flexibility index (Phi) is 7.10. The second kappa shape index (κ2) is 9.41. The minimum atomic E-state index is -3.46. The highest BCUT2D eigenvalue weighted by atomic mass is 35.5. The number of hydrogen-bond donors (Lipinski definition) is 1. The highest BCUT2D eigenvalue weighted by molar-refractivity contribution is 7.90. The van der Waals surface area contributed by atoms with E-state index >= 15 is 0 Å². The van der Waals surface area contributed by atoms with Crippen LogP contribution in [0.3, 0.4) is 0 Å². The minimum absolute atomic E-state index is 0.0476. The molecule has 1 saturated carbocycles. The van der Waals surface area contributed by atoms with Gasteiger partial charge in [0.25, 0.3) is 0 Å². The van der Waals surface area contributed by atoms with Crippen LogP contribution in [-0.2, 0) is 19.4 Å². The molecule has 1 unspecified atom stereocenters. The lowest BCUT2D eigenvalue weighted by Crippen LogP contribution is -2.25. The average Bonchev–Trinajstić information content (AvgIpc) is 2.68. The molecule has 1 fully saturated rings. The van der Waals surface area contributed by atoms with E-state index in [0.29, 0.717) is 25.7 Å². The van der Waals surface area contributed by atoms with Gasteiger partial charge in [-0.3, -0.25) is 9.59 Å². The molecule has 1 atom stereocenters. The standard InChI is InChI=1S/C20H21Cl2N3O4S/c1-30(28,29)17-7-4-13(8-16(17)21)15(12-2-5-14(26)6-3-12)9-20(27)25-19-11-23-18(22)10-24-19/h4,7-8,10-12,15H,2-3,5-6,9H2,1H3,(H,24,25,27). The molecule has 1 aliphatic rings. The number of hydrogen-bond acceptors (Lipinski definition) is 6. The van der Waals surface area contributed by atoms with Crippen molar-refractivity contribution in [2.75, 3.05) is 11.6 Å². The fourth-order valence-corrected chi connectivity index (χ4v) is 5.18. The van der Waals surface area contributed by atoms with Crippen molar-refractivity contribution >= 4 is 50.5 Å². The summed E-state index contributed by atoms with van der Waals surface area (Å²) in [5, 5.41) is 3.04. The second-order valence-electron chi connectivity index (χ2n) is 7.42. The number of nitrogens with one attached hydrogen (secondary N) is 1. The molecule has 1 aliphatic carbocycles. The molecule has 1 amide bonds. The topological polar surface area (TPSA) is 106 Å². The van der Waals surface area contributed by atoms with Crippen LogP contribution in [0.4, 0.5) is 5.82 Å². The highest BCUT2D eigenvalue weighted by Gasteiger charge is 2.30. The van der Waals surface area contributed by atoms with Crippen molar-refractivity contribution in [2.24, 2.45) is 5.92 Å². The van der Waals surface area contributed by atoms with Gasteiger partial charge in [-0.15, -0.1) is 0 Å². The third-order valence-electron chi connectivity index (χ3n) is 5.23. The third-order valence-corrected chi connectivity index (χ3v) is 7.01. The maximum atomic E-state index is 12.7. The number of amides is 1. The lowest BCUT2D eigenvalue weighted by molar-refractivity contribution is -0.121. The van der Waals surface area contributed by atoms with E-state index in [1.807, 2.05) is 0 Å². The Bertz CT molecular complexity index is 1050. The SMILES string of the molecule is CS(=O)(=O)c1ccc(C(CC(=O)Nc2cnc(Cl)cn2)C2CCC(=O)CC2)cc1Cl. The van der Waals surface area contributed by atoms with Crippen LogP contribution in [0.2, 0.25) is 10.2 Å². The van der Waals surface area contributed by atoms with Crippen molar-refractivity contribution in [1.82, 2.24) is 9.97 Å². The van der Waals surface area contributed by atoms with Crippen LogP contribution in [0.15, 0.2) is 35.5 Å². The number of Topliss-reactive ketones (excluding diaryl/α,β-unsaturated/α-hetero) is 1. The number of ketones is 1. The number of halogens is 2. The Hall–Kier alpha value is -2.03. The second-order valence-corrected chi connectivity index (χ2v) is 10.2. The van der Waals surface area contributed by atoms with Gasteiger partial charge in [-0.25, -0.2) is 18.4 Å². The number of aromatic nitrogens is 2. The summed E-state index contributed by atoms with van der Waals surface area (Å²) in [5.41, 5.74) is 0.768. The summed E-state index contributed by atoms with van der Waals surface area (Å²) in [4.78, 5) is 32.3. The number of carbonyl (C=O) groups excluding carboxylic acids is 2. The fourth-order valence-electron chi connectivity index (χ4n) is 3.74. The van der Waals surface area contributed by atoms with Crippen molar-refractivity contribution in [3.05, 3.63) is 46.3 Å². The van der Waals surface area contributed by atoms with E-state index in [-0.39, 0.29) is 50.8 Å². The Morgan fingerprint density at radius 1 is 1.20 bits per heavy atom. The van der Waals surface area contributed by atoms with Gasteiger partial charge in [0.15, 0.2) is 15.7 Å².